The summed E-state index contributed by atoms with van der Waals surface area (Å²) >= 11 is 0. The molecule has 84 valence electrons. The number of hydrogen-bond acceptors (Lipinski definition) is 3. The number of nitrogens with zero attached hydrogens (tertiary/aromatic N) is 1. The number of benzene rings is 2. The Morgan fingerprint density at radius 2 is 1.71 bits per heavy atom. The van der Waals surface area contributed by atoms with Crippen LogP contribution in [0.2, 0.25) is 0 Å². The Bertz CT molecular complexity index is 531. The number of carbonyl (C=O) groups excluding carboxylic acids is 1. The zero-order valence-electron chi connectivity index (χ0n) is 9.17. The van der Waals surface area contributed by atoms with Crippen molar-refractivity contribution in [3.05, 3.63) is 60.2 Å². The SMILES string of the molecule is O=C=NCc1ccccc1Oc1ccccc1. The van der Waals surface area contributed by atoms with Crippen molar-refractivity contribution in [2.24, 2.45) is 4.99 Å². The Morgan fingerprint density at radius 3 is 2.47 bits per heavy atom. The predicted molar refractivity (Wildman–Crippen MR) is 64.8 cm³/mol. The van der Waals surface area contributed by atoms with E-state index in [1.54, 1.807) is 0 Å². The summed E-state index contributed by atoms with van der Waals surface area (Å²) in [5.74, 6) is 1.47. The van der Waals surface area contributed by atoms with E-state index in [0.29, 0.717) is 5.75 Å². The van der Waals surface area contributed by atoms with Crippen LogP contribution in [0.25, 0.3) is 0 Å². The lowest BCUT2D eigenvalue weighted by Gasteiger charge is -2.08. The number of isocyanates is 1. The summed E-state index contributed by atoms with van der Waals surface area (Å²) in [5.41, 5.74) is 0.861. The quantitative estimate of drug-likeness (QED) is 0.591. The van der Waals surface area contributed by atoms with Gasteiger partial charge in [-0.3, -0.25) is 0 Å². The van der Waals surface area contributed by atoms with Crippen LogP contribution in [0.5, 0.6) is 11.5 Å². The van der Waals surface area contributed by atoms with Crippen molar-refractivity contribution in [1.29, 1.82) is 0 Å². The van der Waals surface area contributed by atoms with Gasteiger partial charge in [0.05, 0.1) is 6.54 Å². The van der Waals surface area contributed by atoms with Crippen molar-refractivity contribution in [2.45, 2.75) is 6.54 Å². The molecule has 0 radical (unpaired) electrons. The molecule has 2 aromatic carbocycles. The van der Waals surface area contributed by atoms with Gasteiger partial charge in [-0.2, -0.15) is 0 Å². The molecule has 0 fully saturated rings. The topological polar surface area (TPSA) is 38.7 Å². The fraction of sp³-hybridized carbons (Fsp3) is 0.0714. The Labute approximate surface area is 99.4 Å². The summed E-state index contributed by atoms with van der Waals surface area (Å²) in [6, 6.07) is 17.0. The lowest BCUT2D eigenvalue weighted by atomic mass is 10.2. The molecule has 0 aliphatic heterocycles. The highest BCUT2D eigenvalue weighted by molar-refractivity contribution is 5.39. The highest BCUT2D eigenvalue weighted by Gasteiger charge is 2.02. The maximum atomic E-state index is 10.1. The Balaban J connectivity index is 2.23. The van der Waals surface area contributed by atoms with Crippen molar-refractivity contribution in [3.8, 4) is 11.5 Å². The van der Waals surface area contributed by atoms with Gasteiger partial charge >= 0.3 is 0 Å². The first-order valence-electron chi connectivity index (χ1n) is 5.24. The molecule has 0 saturated heterocycles. The molecule has 0 aliphatic carbocycles. The molecule has 0 aromatic heterocycles. The van der Waals surface area contributed by atoms with Crippen molar-refractivity contribution in [1.82, 2.24) is 0 Å². The van der Waals surface area contributed by atoms with Gasteiger partial charge in [0.25, 0.3) is 0 Å². The van der Waals surface area contributed by atoms with Crippen molar-refractivity contribution in [3.63, 3.8) is 0 Å². The Hall–Kier alpha value is -2.38. The van der Waals surface area contributed by atoms with Crippen molar-refractivity contribution in [2.75, 3.05) is 0 Å². The molecule has 0 aliphatic rings. The second-order valence-corrected chi connectivity index (χ2v) is 3.43. The molecule has 2 rings (SSSR count). The van der Waals surface area contributed by atoms with E-state index in [0.717, 1.165) is 11.3 Å². The van der Waals surface area contributed by atoms with E-state index in [2.05, 4.69) is 4.99 Å². The van der Waals surface area contributed by atoms with E-state index < -0.39 is 0 Å². The summed E-state index contributed by atoms with van der Waals surface area (Å²) < 4.78 is 5.72. The first-order valence-corrected chi connectivity index (χ1v) is 5.24. The number of para-hydroxylation sites is 2. The van der Waals surface area contributed by atoms with Crippen LogP contribution in [0.15, 0.2) is 59.6 Å². The summed E-state index contributed by atoms with van der Waals surface area (Å²) in [6.07, 6.45) is 1.53. The third kappa shape index (κ3) is 3.03. The van der Waals surface area contributed by atoms with Crippen LogP contribution in [-0.2, 0) is 11.3 Å². The average molecular weight is 225 g/mol. The van der Waals surface area contributed by atoms with Gasteiger partial charge in [0.15, 0.2) is 0 Å². The molecule has 0 bridgehead atoms. The normalized spacial score (nSPS) is 9.41. The highest BCUT2D eigenvalue weighted by atomic mass is 16.5. The van der Waals surface area contributed by atoms with Crippen LogP contribution in [0.4, 0.5) is 0 Å². The monoisotopic (exact) mass is 225 g/mol. The molecule has 3 nitrogen and oxygen atoms in total. The van der Waals surface area contributed by atoms with E-state index in [1.807, 2.05) is 54.6 Å². The van der Waals surface area contributed by atoms with E-state index in [-0.39, 0.29) is 6.54 Å². The van der Waals surface area contributed by atoms with Gasteiger partial charge in [0, 0.05) is 5.56 Å². The Kier molecular flexibility index (Phi) is 3.68. The van der Waals surface area contributed by atoms with Crippen molar-refractivity contribution < 1.29 is 9.53 Å². The highest BCUT2D eigenvalue weighted by Crippen LogP contribution is 2.25. The van der Waals surface area contributed by atoms with Gasteiger partial charge in [0.2, 0.25) is 6.08 Å². The van der Waals surface area contributed by atoms with Gasteiger partial charge in [-0.05, 0) is 18.2 Å². The molecule has 0 heterocycles. The largest absolute Gasteiger partial charge is 0.457 e. The third-order valence-electron chi connectivity index (χ3n) is 2.26. The lowest BCUT2D eigenvalue weighted by Crippen LogP contribution is -1.90. The third-order valence-corrected chi connectivity index (χ3v) is 2.26. The Morgan fingerprint density at radius 1 is 1.00 bits per heavy atom. The van der Waals surface area contributed by atoms with Crippen LogP contribution in [0.1, 0.15) is 5.56 Å². The smallest absolute Gasteiger partial charge is 0.235 e. The second-order valence-electron chi connectivity index (χ2n) is 3.43. The van der Waals surface area contributed by atoms with Gasteiger partial charge in [-0.25, -0.2) is 9.79 Å². The first kappa shape index (κ1) is 11.1. The number of hydrogen-bond donors (Lipinski definition) is 0. The minimum Gasteiger partial charge on any atom is -0.457 e. The molecule has 0 atom stereocenters. The zero-order valence-corrected chi connectivity index (χ0v) is 9.17. The van der Waals surface area contributed by atoms with E-state index in [4.69, 9.17) is 4.74 Å². The van der Waals surface area contributed by atoms with Gasteiger partial charge < -0.3 is 4.74 Å². The fourth-order valence-electron chi connectivity index (χ4n) is 1.47. The maximum absolute atomic E-state index is 10.1. The summed E-state index contributed by atoms with van der Waals surface area (Å²) in [7, 11) is 0. The van der Waals surface area contributed by atoms with Gasteiger partial charge in [0.1, 0.15) is 11.5 Å². The molecule has 0 N–H and O–H groups in total. The van der Waals surface area contributed by atoms with Crippen LogP contribution in [0.3, 0.4) is 0 Å². The van der Waals surface area contributed by atoms with Gasteiger partial charge in [-0.1, -0.05) is 36.4 Å². The minimum absolute atomic E-state index is 0.284. The lowest BCUT2D eigenvalue weighted by molar-refractivity contribution is 0.476. The fourth-order valence-corrected chi connectivity index (χ4v) is 1.47. The van der Waals surface area contributed by atoms with E-state index in [9.17, 15) is 4.79 Å². The molecule has 17 heavy (non-hydrogen) atoms. The molecule has 0 unspecified atom stereocenters. The summed E-state index contributed by atoms with van der Waals surface area (Å²) in [5, 5.41) is 0. The van der Waals surface area contributed by atoms with Crippen LogP contribution < -0.4 is 4.74 Å². The number of ether oxygens (including phenoxy) is 1. The first-order chi connectivity index (χ1) is 8.40. The molecule has 2 aromatic rings. The van der Waals surface area contributed by atoms with Crippen LogP contribution >= 0.6 is 0 Å². The molecule has 3 heteroatoms. The van der Waals surface area contributed by atoms with Gasteiger partial charge in [-0.15, -0.1) is 0 Å². The standard InChI is InChI=1S/C14H11NO2/c16-11-15-10-12-6-4-5-9-14(12)17-13-7-2-1-3-8-13/h1-9H,10H2. The second kappa shape index (κ2) is 5.64. The number of rotatable bonds is 4. The summed E-state index contributed by atoms with van der Waals surface area (Å²) in [6.45, 7) is 0.284. The molecular weight excluding hydrogens is 214 g/mol. The average Bonchev–Trinajstić information content (AvgIpc) is 2.39. The van der Waals surface area contributed by atoms with E-state index in [1.165, 1.54) is 6.08 Å². The molecule has 0 amide bonds. The minimum atomic E-state index is 0.284. The van der Waals surface area contributed by atoms with E-state index >= 15 is 0 Å². The zero-order chi connectivity index (χ0) is 11.9. The number of aliphatic imine (C=N–C) groups is 1. The predicted octanol–water partition coefficient (Wildman–Crippen LogP) is 3.31. The molecule has 0 saturated carbocycles. The molecule has 0 spiro atoms. The van der Waals surface area contributed by atoms with Crippen LogP contribution in [0, 0.1) is 0 Å². The van der Waals surface area contributed by atoms with Crippen molar-refractivity contribution >= 4 is 6.08 Å². The van der Waals surface area contributed by atoms with Crippen LogP contribution in [-0.4, -0.2) is 6.08 Å². The molecular formula is C14H11NO2. The summed E-state index contributed by atoms with van der Waals surface area (Å²) in [4.78, 5) is 13.7. The maximum Gasteiger partial charge on any atom is 0.235 e.